The average molecular weight is 202 g/mol. The van der Waals surface area contributed by atoms with Gasteiger partial charge >= 0.3 is 0 Å². The van der Waals surface area contributed by atoms with Crippen LogP contribution in [0.2, 0.25) is 0 Å². The maximum atomic E-state index is 11.2. The molecule has 0 heterocycles. The van der Waals surface area contributed by atoms with Gasteiger partial charge in [0, 0.05) is 5.56 Å². The van der Waals surface area contributed by atoms with Gasteiger partial charge in [-0.15, -0.1) is 0 Å². The number of allylic oxidation sites excluding steroid dienone is 1. The fourth-order valence-electron chi connectivity index (χ4n) is 1.21. The van der Waals surface area contributed by atoms with Crippen LogP contribution in [0.25, 0.3) is 6.08 Å². The summed E-state index contributed by atoms with van der Waals surface area (Å²) in [5, 5.41) is 0. The van der Waals surface area contributed by atoms with Crippen molar-refractivity contribution in [2.24, 2.45) is 5.41 Å². The highest BCUT2D eigenvalue weighted by Crippen LogP contribution is 2.17. The first-order chi connectivity index (χ1) is 6.88. The SMILES string of the molecule is CC(=O)c1cccc(/C=C/C(C)(C)C)c1. The van der Waals surface area contributed by atoms with Crippen molar-refractivity contribution in [3.05, 3.63) is 41.5 Å². The highest BCUT2D eigenvalue weighted by molar-refractivity contribution is 5.94. The van der Waals surface area contributed by atoms with E-state index in [1.165, 1.54) is 0 Å². The number of rotatable bonds is 2. The standard InChI is InChI=1S/C14H18O/c1-11(15)13-7-5-6-12(10-13)8-9-14(2,3)4/h5-10H,1-4H3/b9-8+. The van der Waals surface area contributed by atoms with Crippen LogP contribution in [0.4, 0.5) is 0 Å². The second kappa shape index (κ2) is 4.43. The van der Waals surface area contributed by atoms with Crippen LogP contribution in [0.15, 0.2) is 30.3 Å². The van der Waals surface area contributed by atoms with Crippen molar-refractivity contribution in [2.45, 2.75) is 27.7 Å². The fraction of sp³-hybridized carbons (Fsp3) is 0.357. The van der Waals surface area contributed by atoms with Crippen molar-refractivity contribution in [3.8, 4) is 0 Å². The quantitative estimate of drug-likeness (QED) is 0.664. The summed E-state index contributed by atoms with van der Waals surface area (Å²) in [7, 11) is 0. The van der Waals surface area contributed by atoms with Gasteiger partial charge in [0.15, 0.2) is 5.78 Å². The van der Waals surface area contributed by atoms with Gasteiger partial charge in [0.2, 0.25) is 0 Å². The highest BCUT2D eigenvalue weighted by atomic mass is 16.1. The first kappa shape index (κ1) is 11.7. The monoisotopic (exact) mass is 202 g/mol. The Bertz CT molecular complexity index is 381. The predicted molar refractivity (Wildman–Crippen MR) is 64.9 cm³/mol. The Balaban J connectivity index is 2.92. The van der Waals surface area contributed by atoms with Gasteiger partial charge in [-0.05, 0) is 24.0 Å². The molecule has 0 aromatic heterocycles. The van der Waals surface area contributed by atoms with E-state index in [1.54, 1.807) is 6.92 Å². The number of Topliss-reactive ketones (excluding diaryl/α,β-unsaturated/α-hetero) is 1. The van der Waals surface area contributed by atoms with Gasteiger partial charge in [0.25, 0.3) is 0 Å². The molecule has 0 aliphatic rings. The molecular weight excluding hydrogens is 184 g/mol. The molecule has 0 saturated heterocycles. The minimum Gasteiger partial charge on any atom is -0.295 e. The smallest absolute Gasteiger partial charge is 0.159 e. The Morgan fingerprint density at radius 2 is 1.93 bits per heavy atom. The van der Waals surface area contributed by atoms with E-state index < -0.39 is 0 Å². The van der Waals surface area contributed by atoms with E-state index in [9.17, 15) is 4.79 Å². The van der Waals surface area contributed by atoms with Crippen LogP contribution in [0.1, 0.15) is 43.6 Å². The Kier molecular flexibility index (Phi) is 3.46. The molecule has 1 heteroatoms. The third-order valence-corrected chi connectivity index (χ3v) is 2.07. The second-order valence-corrected chi connectivity index (χ2v) is 4.88. The average Bonchev–Trinajstić information content (AvgIpc) is 2.14. The number of carbonyl (C=O) groups is 1. The largest absolute Gasteiger partial charge is 0.295 e. The first-order valence-electron chi connectivity index (χ1n) is 5.19. The lowest BCUT2D eigenvalue weighted by Crippen LogP contribution is -1.98. The molecule has 1 nitrogen and oxygen atoms in total. The highest BCUT2D eigenvalue weighted by Gasteiger charge is 2.04. The molecule has 0 radical (unpaired) electrons. The van der Waals surface area contributed by atoms with Crippen LogP contribution < -0.4 is 0 Å². The van der Waals surface area contributed by atoms with Crippen LogP contribution in [-0.4, -0.2) is 5.78 Å². The van der Waals surface area contributed by atoms with Gasteiger partial charge < -0.3 is 0 Å². The predicted octanol–water partition coefficient (Wildman–Crippen LogP) is 3.95. The zero-order chi connectivity index (χ0) is 11.5. The zero-order valence-electron chi connectivity index (χ0n) is 9.87. The maximum Gasteiger partial charge on any atom is 0.159 e. The molecule has 1 aromatic carbocycles. The Morgan fingerprint density at radius 3 is 2.47 bits per heavy atom. The normalized spacial score (nSPS) is 12.0. The number of benzene rings is 1. The van der Waals surface area contributed by atoms with Crippen molar-refractivity contribution < 1.29 is 4.79 Å². The molecule has 15 heavy (non-hydrogen) atoms. The third kappa shape index (κ3) is 4.11. The van der Waals surface area contributed by atoms with E-state index in [-0.39, 0.29) is 11.2 Å². The summed E-state index contributed by atoms with van der Waals surface area (Å²) in [4.78, 5) is 11.2. The first-order valence-corrected chi connectivity index (χ1v) is 5.19. The Morgan fingerprint density at radius 1 is 1.27 bits per heavy atom. The summed E-state index contributed by atoms with van der Waals surface area (Å²) in [6.45, 7) is 8.04. The number of carbonyl (C=O) groups excluding carboxylic acids is 1. The van der Waals surface area contributed by atoms with Gasteiger partial charge in [0.05, 0.1) is 0 Å². The Labute approximate surface area is 91.8 Å². The number of hydrogen-bond acceptors (Lipinski definition) is 1. The topological polar surface area (TPSA) is 17.1 Å². The van der Waals surface area contributed by atoms with Crippen molar-refractivity contribution in [1.29, 1.82) is 0 Å². The summed E-state index contributed by atoms with van der Waals surface area (Å²) in [5.41, 5.74) is 2.02. The molecule has 0 aliphatic carbocycles. The lowest BCUT2D eigenvalue weighted by atomic mass is 9.95. The molecule has 0 spiro atoms. The van der Waals surface area contributed by atoms with Gasteiger partial charge in [0.1, 0.15) is 0 Å². The fourth-order valence-corrected chi connectivity index (χ4v) is 1.21. The van der Waals surface area contributed by atoms with Gasteiger partial charge in [-0.2, -0.15) is 0 Å². The van der Waals surface area contributed by atoms with Crippen LogP contribution in [0.5, 0.6) is 0 Å². The summed E-state index contributed by atoms with van der Waals surface area (Å²) in [6, 6.07) is 7.69. The van der Waals surface area contributed by atoms with Crippen LogP contribution in [0, 0.1) is 5.41 Å². The summed E-state index contributed by atoms with van der Waals surface area (Å²) >= 11 is 0. The minimum atomic E-state index is 0.112. The molecule has 80 valence electrons. The molecule has 0 bridgehead atoms. The molecule has 0 fully saturated rings. The van der Waals surface area contributed by atoms with E-state index in [2.05, 4.69) is 32.9 Å². The van der Waals surface area contributed by atoms with Crippen molar-refractivity contribution >= 4 is 11.9 Å². The summed E-state index contributed by atoms with van der Waals surface area (Å²) in [6.07, 6.45) is 4.21. The molecule has 0 amide bonds. The van der Waals surface area contributed by atoms with E-state index in [0.29, 0.717) is 0 Å². The molecule has 0 aliphatic heterocycles. The lowest BCUT2D eigenvalue weighted by Gasteiger charge is -2.11. The molecule has 0 unspecified atom stereocenters. The van der Waals surface area contributed by atoms with E-state index in [1.807, 2.05) is 24.3 Å². The van der Waals surface area contributed by atoms with Gasteiger partial charge in [-0.3, -0.25) is 4.79 Å². The van der Waals surface area contributed by atoms with Gasteiger partial charge in [-0.25, -0.2) is 0 Å². The van der Waals surface area contributed by atoms with Crippen molar-refractivity contribution in [1.82, 2.24) is 0 Å². The maximum absolute atomic E-state index is 11.2. The van der Waals surface area contributed by atoms with Crippen LogP contribution in [0.3, 0.4) is 0 Å². The molecule has 1 aromatic rings. The molecular formula is C14H18O. The second-order valence-electron chi connectivity index (χ2n) is 4.88. The summed E-state index contributed by atoms with van der Waals surface area (Å²) in [5.74, 6) is 0.112. The number of hydrogen-bond donors (Lipinski definition) is 0. The van der Waals surface area contributed by atoms with Crippen LogP contribution in [-0.2, 0) is 0 Å². The molecule has 0 saturated carbocycles. The number of ketones is 1. The van der Waals surface area contributed by atoms with E-state index >= 15 is 0 Å². The van der Waals surface area contributed by atoms with Crippen LogP contribution >= 0.6 is 0 Å². The Hall–Kier alpha value is -1.37. The lowest BCUT2D eigenvalue weighted by molar-refractivity contribution is 0.101. The molecule has 0 atom stereocenters. The zero-order valence-corrected chi connectivity index (χ0v) is 9.87. The third-order valence-electron chi connectivity index (χ3n) is 2.07. The molecule has 0 N–H and O–H groups in total. The van der Waals surface area contributed by atoms with E-state index in [4.69, 9.17) is 0 Å². The summed E-state index contributed by atoms with van der Waals surface area (Å²) < 4.78 is 0. The van der Waals surface area contributed by atoms with Crippen molar-refractivity contribution in [3.63, 3.8) is 0 Å². The molecule has 1 rings (SSSR count). The minimum absolute atomic E-state index is 0.112. The van der Waals surface area contributed by atoms with Crippen molar-refractivity contribution in [2.75, 3.05) is 0 Å². The van der Waals surface area contributed by atoms with Gasteiger partial charge in [-0.1, -0.05) is 51.1 Å². The van der Waals surface area contributed by atoms with E-state index in [0.717, 1.165) is 11.1 Å².